The van der Waals surface area contributed by atoms with Crippen LogP contribution in [-0.4, -0.2) is 39.3 Å². The van der Waals surface area contributed by atoms with Gasteiger partial charge in [-0.25, -0.2) is 8.42 Å². The molecular weight excluding hydrogens is 292 g/mol. The molecule has 21 heavy (non-hydrogen) atoms. The number of rotatable bonds is 4. The number of amides is 1. The summed E-state index contributed by atoms with van der Waals surface area (Å²) in [6, 6.07) is 4.60. The summed E-state index contributed by atoms with van der Waals surface area (Å²) in [4.78, 5) is 13.8. The summed E-state index contributed by atoms with van der Waals surface area (Å²) in [6.07, 6.45) is 0.228. The number of carbonyl (C=O) groups excluding carboxylic acids is 1. The molecule has 0 aromatic heterocycles. The van der Waals surface area contributed by atoms with Crippen molar-refractivity contribution in [2.75, 3.05) is 23.7 Å². The fourth-order valence-corrected chi connectivity index (χ4v) is 3.42. The minimum atomic E-state index is -3.43. The predicted molar refractivity (Wildman–Crippen MR) is 80.3 cm³/mol. The molecule has 1 aromatic carbocycles. The standard InChI is InChI=1S/C14H20N2O4S/c1-3-14(17)16-9-10(2)20-13-5-4-11(8-12(13)16)21(18,19)7-6-15/h4-5,8,10H,3,6-7,9,15H2,1-2H3. The average molecular weight is 312 g/mol. The van der Waals surface area contributed by atoms with Crippen molar-refractivity contribution >= 4 is 21.4 Å². The van der Waals surface area contributed by atoms with E-state index in [1.807, 2.05) is 6.92 Å². The van der Waals surface area contributed by atoms with Crippen molar-refractivity contribution in [3.05, 3.63) is 18.2 Å². The number of hydrogen-bond donors (Lipinski definition) is 1. The molecule has 1 amide bonds. The van der Waals surface area contributed by atoms with Gasteiger partial charge in [0.1, 0.15) is 11.9 Å². The van der Waals surface area contributed by atoms with Crippen molar-refractivity contribution in [1.29, 1.82) is 0 Å². The molecule has 1 unspecified atom stereocenters. The third kappa shape index (κ3) is 3.19. The first-order valence-electron chi connectivity index (χ1n) is 6.93. The van der Waals surface area contributed by atoms with Crippen molar-refractivity contribution in [1.82, 2.24) is 0 Å². The van der Waals surface area contributed by atoms with Gasteiger partial charge >= 0.3 is 0 Å². The Labute approximate surface area is 124 Å². The second-order valence-corrected chi connectivity index (χ2v) is 7.13. The minimum absolute atomic E-state index is 0.0558. The number of ether oxygens (including phenoxy) is 1. The number of sulfone groups is 1. The molecule has 2 rings (SSSR count). The van der Waals surface area contributed by atoms with E-state index < -0.39 is 9.84 Å². The fourth-order valence-electron chi connectivity index (χ4n) is 2.31. The van der Waals surface area contributed by atoms with E-state index in [0.717, 1.165) is 0 Å². The quantitative estimate of drug-likeness (QED) is 0.894. The first-order chi connectivity index (χ1) is 9.89. The Kier molecular flexibility index (Phi) is 4.53. The number of fused-ring (bicyclic) bond motifs is 1. The molecule has 0 fully saturated rings. The lowest BCUT2D eigenvalue weighted by Crippen LogP contribution is -2.42. The molecule has 0 saturated carbocycles. The molecule has 1 heterocycles. The molecule has 0 spiro atoms. The number of anilines is 1. The Morgan fingerprint density at radius 3 is 2.81 bits per heavy atom. The van der Waals surface area contributed by atoms with E-state index in [1.54, 1.807) is 17.9 Å². The lowest BCUT2D eigenvalue weighted by Gasteiger charge is -2.33. The molecule has 116 valence electrons. The van der Waals surface area contributed by atoms with Crippen LogP contribution in [0.25, 0.3) is 0 Å². The highest BCUT2D eigenvalue weighted by atomic mass is 32.2. The van der Waals surface area contributed by atoms with Crippen molar-refractivity contribution in [2.24, 2.45) is 5.73 Å². The molecule has 0 saturated heterocycles. The first-order valence-corrected chi connectivity index (χ1v) is 8.58. The van der Waals surface area contributed by atoms with Gasteiger partial charge in [-0.3, -0.25) is 4.79 Å². The van der Waals surface area contributed by atoms with Crippen LogP contribution in [-0.2, 0) is 14.6 Å². The maximum Gasteiger partial charge on any atom is 0.226 e. The predicted octanol–water partition coefficient (Wildman–Crippen LogP) is 0.943. The Hall–Kier alpha value is -1.60. The third-order valence-corrected chi connectivity index (χ3v) is 5.08. The van der Waals surface area contributed by atoms with Gasteiger partial charge in [-0.2, -0.15) is 0 Å². The monoisotopic (exact) mass is 312 g/mol. The van der Waals surface area contributed by atoms with Gasteiger partial charge in [0.05, 0.1) is 22.9 Å². The topological polar surface area (TPSA) is 89.7 Å². The summed E-state index contributed by atoms with van der Waals surface area (Å²) >= 11 is 0. The summed E-state index contributed by atoms with van der Waals surface area (Å²) in [5, 5.41) is 0. The maximum atomic E-state index is 12.1. The zero-order chi connectivity index (χ0) is 15.6. The summed E-state index contributed by atoms with van der Waals surface area (Å²) in [7, 11) is -3.43. The second-order valence-electron chi connectivity index (χ2n) is 5.02. The average Bonchev–Trinajstić information content (AvgIpc) is 2.44. The zero-order valence-corrected chi connectivity index (χ0v) is 13.0. The van der Waals surface area contributed by atoms with Gasteiger partial charge in [-0.1, -0.05) is 6.92 Å². The van der Waals surface area contributed by atoms with E-state index in [0.29, 0.717) is 24.4 Å². The third-order valence-electron chi connectivity index (χ3n) is 3.34. The van der Waals surface area contributed by atoms with Crippen molar-refractivity contribution in [2.45, 2.75) is 31.3 Å². The van der Waals surface area contributed by atoms with E-state index >= 15 is 0 Å². The molecule has 1 aliphatic heterocycles. The molecule has 0 bridgehead atoms. The van der Waals surface area contributed by atoms with E-state index in [9.17, 15) is 13.2 Å². The van der Waals surface area contributed by atoms with Crippen LogP contribution in [0.15, 0.2) is 23.1 Å². The summed E-state index contributed by atoms with van der Waals surface area (Å²) in [5.74, 6) is 0.354. The summed E-state index contributed by atoms with van der Waals surface area (Å²) in [6.45, 7) is 4.12. The number of nitrogens with zero attached hydrogens (tertiary/aromatic N) is 1. The van der Waals surface area contributed by atoms with E-state index in [1.165, 1.54) is 12.1 Å². The highest BCUT2D eigenvalue weighted by Crippen LogP contribution is 2.36. The SMILES string of the molecule is CCC(=O)N1CC(C)Oc2ccc(S(=O)(=O)CCN)cc21. The molecule has 7 heteroatoms. The van der Waals surface area contributed by atoms with E-state index in [2.05, 4.69) is 0 Å². The molecule has 0 aliphatic carbocycles. The molecule has 1 aliphatic rings. The van der Waals surface area contributed by atoms with Crippen LogP contribution in [0.3, 0.4) is 0 Å². The van der Waals surface area contributed by atoms with Crippen LogP contribution in [0.2, 0.25) is 0 Å². The van der Waals surface area contributed by atoms with Crippen LogP contribution >= 0.6 is 0 Å². The van der Waals surface area contributed by atoms with Crippen LogP contribution in [0.1, 0.15) is 20.3 Å². The number of benzene rings is 1. The Morgan fingerprint density at radius 2 is 2.19 bits per heavy atom. The van der Waals surface area contributed by atoms with Crippen molar-refractivity contribution in [3.63, 3.8) is 0 Å². The van der Waals surface area contributed by atoms with Crippen LogP contribution in [0.5, 0.6) is 5.75 Å². The van der Waals surface area contributed by atoms with Gasteiger partial charge in [-0.05, 0) is 25.1 Å². The minimum Gasteiger partial charge on any atom is -0.487 e. The number of hydrogen-bond acceptors (Lipinski definition) is 5. The maximum absolute atomic E-state index is 12.1. The van der Waals surface area contributed by atoms with Gasteiger partial charge in [-0.15, -0.1) is 0 Å². The highest BCUT2D eigenvalue weighted by molar-refractivity contribution is 7.91. The van der Waals surface area contributed by atoms with E-state index in [-0.39, 0.29) is 29.2 Å². The Balaban J connectivity index is 2.48. The summed E-state index contributed by atoms with van der Waals surface area (Å²) < 4.78 is 29.9. The largest absolute Gasteiger partial charge is 0.487 e. The normalized spacial score (nSPS) is 18.0. The van der Waals surface area contributed by atoms with Gasteiger partial charge in [0, 0.05) is 13.0 Å². The second kappa shape index (κ2) is 6.03. The van der Waals surface area contributed by atoms with Gasteiger partial charge in [0.25, 0.3) is 0 Å². The van der Waals surface area contributed by atoms with Gasteiger partial charge < -0.3 is 15.4 Å². The molecule has 2 N–H and O–H groups in total. The lowest BCUT2D eigenvalue weighted by atomic mass is 10.2. The van der Waals surface area contributed by atoms with Crippen LogP contribution < -0.4 is 15.4 Å². The van der Waals surface area contributed by atoms with Gasteiger partial charge in [0.2, 0.25) is 5.91 Å². The molecule has 6 nitrogen and oxygen atoms in total. The van der Waals surface area contributed by atoms with Crippen molar-refractivity contribution in [3.8, 4) is 5.75 Å². The molecule has 1 aromatic rings. The Bertz CT molecular complexity index is 642. The van der Waals surface area contributed by atoms with Crippen LogP contribution in [0, 0.1) is 0 Å². The summed E-state index contributed by atoms with van der Waals surface area (Å²) in [5.41, 5.74) is 5.85. The number of carbonyl (C=O) groups is 1. The zero-order valence-electron chi connectivity index (χ0n) is 12.2. The molecular formula is C14H20N2O4S. The highest BCUT2D eigenvalue weighted by Gasteiger charge is 2.28. The molecule has 1 atom stereocenters. The Morgan fingerprint density at radius 1 is 1.48 bits per heavy atom. The van der Waals surface area contributed by atoms with Gasteiger partial charge in [0.15, 0.2) is 9.84 Å². The van der Waals surface area contributed by atoms with E-state index in [4.69, 9.17) is 10.5 Å². The molecule has 0 radical (unpaired) electrons. The lowest BCUT2D eigenvalue weighted by molar-refractivity contribution is -0.118. The van der Waals surface area contributed by atoms with Crippen molar-refractivity contribution < 1.29 is 17.9 Å². The first kappa shape index (κ1) is 15.8. The smallest absolute Gasteiger partial charge is 0.226 e. The number of nitrogens with two attached hydrogens (primary N) is 1. The fraction of sp³-hybridized carbons (Fsp3) is 0.500. The van der Waals surface area contributed by atoms with Crippen LogP contribution in [0.4, 0.5) is 5.69 Å².